The normalized spacial score (nSPS) is 13.6. The van der Waals surface area contributed by atoms with Crippen LogP contribution in [0, 0.1) is 5.41 Å². The van der Waals surface area contributed by atoms with Crippen molar-refractivity contribution in [2.75, 3.05) is 6.54 Å². The zero-order valence-electron chi connectivity index (χ0n) is 11.8. The van der Waals surface area contributed by atoms with Crippen LogP contribution >= 0.6 is 0 Å². The Labute approximate surface area is 107 Å². The molecule has 0 aliphatic carbocycles. The molecule has 1 nitrogen and oxygen atoms in total. The summed E-state index contributed by atoms with van der Waals surface area (Å²) in [6.45, 7) is 10.2. The summed E-state index contributed by atoms with van der Waals surface area (Å²) >= 11 is 0. The SMILES string of the molecule is CCNC(CCCc1ccccc1)C(C)(C)C. The fourth-order valence-electron chi connectivity index (χ4n) is 2.24. The molecule has 17 heavy (non-hydrogen) atoms. The molecule has 1 aromatic rings. The highest BCUT2D eigenvalue weighted by Gasteiger charge is 2.22. The van der Waals surface area contributed by atoms with Gasteiger partial charge in [-0.15, -0.1) is 0 Å². The van der Waals surface area contributed by atoms with Crippen molar-refractivity contribution < 1.29 is 0 Å². The van der Waals surface area contributed by atoms with Gasteiger partial charge in [-0.05, 0) is 36.8 Å². The van der Waals surface area contributed by atoms with Crippen LogP contribution in [0.1, 0.15) is 46.1 Å². The standard InChI is InChI=1S/C16H27N/c1-5-17-15(16(2,3)4)13-9-12-14-10-7-6-8-11-14/h6-8,10-11,15,17H,5,9,12-13H2,1-4H3. The van der Waals surface area contributed by atoms with Crippen LogP contribution in [-0.4, -0.2) is 12.6 Å². The van der Waals surface area contributed by atoms with Crippen LogP contribution in [0.4, 0.5) is 0 Å². The first-order valence-electron chi connectivity index (χ1n) is 6.81. The van der Waals surface area contributed by atoms with E-state index in [1.165, 1.54) is 24.8 Å². The molecule has 1 heteroatoms. The van der Waals surface area contributed by atoms with Crippen molar-refractivity contribution in [3.05, 3.63) is 35.9 Å². The van der Waals surface area contributed by atoms with E-state index in [1.807, 2.05) is 0 Å². The first kappa shape index (κ1) is 14.2. The van der Waals surface area contributed by atoms with Crippen molar-refractivity contribution in [2.45, 2.75) is 53.0 Å². The monoisotopic (exact) mass is 233 g/mol. The number of hydrogen-bond donors (Lipinski definition) is 1. The average Bonchev–Trinajstić information content (AvgIpc) is 2.28. The summed E-state index contributed by atoms with van der Waals surface area (Å²) in [5.74, 6) is 0. The van der Waals surface area contributed by atoms with Crippen molar-refractivity contribution in [2.24, 2.45) is 5.41 Å². The summed E-state index contributed by atoms with van der Waals surface area (Å²) in [5.41, 5.74) is 1.81. The topological polar surface area (TPSA) is 12.0 Å². The molecule has 1 aromatic carbocycles. The van der Waals surface area contributed by atoms with Crippen molar-refractivity contribution >= 4 is 0 Å². The van der Waals surface area contributed by atoms with E-state index < -0.39 is 0 Å². The summed E-state index contributed by atoms with van der Waals surface area (Å²) in [7, 11) is 0. The molecule has 1 rings (SSSR count). The minimum atomic E-state index is 0.354. The second kappa shape index (κ2) is 6.80. The Morgan fingerprint density at radius 3 is 2.29 bits per heavy atom. The molecule has 1 unspecified atom stereocenters. The van der Waals surface area contributed by atoms with Gasteiger partial charge in [-0.2, -0.15) is 0 Å². The summed E-state index contributed by atoms with van der Waals surface area (Å²) in [4.78, 5) is 0. The van der Waals surface area contributed by atoms with Gasteiger partial charge < -0.3 is 5.32 Å². The van der Waals surface area contributed by atoms with Crippen LogP contribution < -0.4 is 5.32 Å². The third-order valence-corrected chi connectivity index (χ3v) is 3.30. The Hall–Kier alpha value is -0.820. The van der Waals surface area contributed by atoms with Crippen LogP contribution in [0.15, 0.2) is 30.3 Å². The quantitative estimate of drug-likeness (QED) is 0.782. The Morgan fingerprint density at radius 2 is 1.76 bits per heavy atom. The van der Waals surface area contributed by atoms with E-state index in [0.29, 0.717) is 11.5 Å². The Morgan fingerprint density at radius 1 is 1.12 bits per heavy atom. The lowest BCUT2D eigenvalue weighted by Crippen LogP contribution is -2.40. The first-order valence-corrected chi connectivity index (χ1v) is 6.81. The number of rotatable bonds is 6. The summed E-state index contributed by atoms with van der Waals surface area (Å²) in [5, 5.41) is 3.61. The van der Waals surface area contributed by atoms with Crippen LogP contribution in [0.3, 0.4) is 0 Å². The smallest absolute Gasteiger partial charge is 0.0116 e. The van der Waals surface area contributed by atoms with E-state index in [2.05, 4.69) is 63.3 Å². The van der Waals surface area contributed by atoms with Crippen LogP contribution in [0.25, 0.3) is 0 Å². The van der Waals surface area contributed by atoms with Gasteiger partial charge in [0.2, 0.25) is 0 Å². The molecule has 0 aliphatic heterocycles. The third-order valence-electron chi connectivity index (χ3n) is 3.30. The number of nitrogens with one attached hydrogen (secondary N) is 1. The summed E-state index contributed by atoms with van der Waals surface area (Å²) in [6.07, 6.45) is 3.71. The molecular formula is C16H27N. The zero-order valence-corrected chi connectivity index (χ0v) is 11.8. The Balaban J connectivity index is 2.37. The Kier molecular flexibility index (Phi) is 5.70. The molecular weight excluding hydrogens is 206 g/mol. The number of hydrogen-bond acceptors (Lipinski definition) is 1. The molecule has 0 saturated carbocycles. The second-order valence-corrected chi connectivity index (χ2v) is 5.85. The molecule has 0 saturated heterocycles. The van der Waals surface area contributed by atoms with Crippen molar-refractivity contribution in [1.82, 2.24) is 5.32 Å². The van der Waals surface area contributed by atoms with Gasteiger partial charge >= 0.3 is 0 Å². The fourth-order valence-corrected chi connectivity index (χ4v) is 2.24. The first-order chi connectivity index (χ1) is 8.04. The highest BCUT2D eigenvalue weighted by atomic mass is 14.9. The molecule has 0 aromatic heterocycles. The van der Waals surface area contributed by atoms with Gasteiger partial charge in [-0.25, -0.2) is 0 Å². The molecule has 96 valence electrons. The molecule has 1 N–H and O–H groups in total. The van der Waals surface area contributed by atoms with Gasteiger partial charge in [-0.3, -0.25) is 0 Å². The Bertz CT molecular complexity index is 297. The van der Waals surface area contributed by atoms with Crippen molar-refractivity contribution in [3.8, 4) is 0 Å². The summed E-state index contributed by atoms with van der Waals surface area (Å²) < 4.78 is 0. The molecule has 0 radical (unpaired) electrons. The second-order valence-electron chi connectivity index (χ2n) is 5.85. The number of benzene rings is 1. The van der Waals surface area contributed by atoms with Crippen LogP contribution in [-0.2, 0) is 6.42 Å². The van der Waals surface area contributed by atoms with Crippen LogP contribution in [0.5, 0.6) is 0 Å². The van der Waals surface area contributed by atoms with E-state index in [9.17, 15) is 0 Å². The molecule has 0 amide bonds. The lowest BCUT2D eigenvalue weighted by atomic mass is 9.83. The van der Waals surface area contributed by atoms with Crippen LogP contribution in [0.2, 0.25) is 0 Å². The van der Waals surface area contributed by atoms with E-state index >= 15 is 0 Å². The van der Waals surface area contributed by atoms with Crippen molar-refractivity contribution in [3.63, 3.8) is 0 Å². The fraction of sp³-hybridized carbons (Fsp3) is 0.625. The molecule has 0 fully saturated rings. The predicted octanol–water partition coefficient (Wildman–Crippen LogP) is 4.03. The minimum absolute atomic E-state index is 0.354. The van der Waals surface area contributed by atoms with E-state index in [-0.39, 0.29) is 0 Å². The van der Waals surface area contributed by atoms with Gasteiger partial charge in [-0.1, -0.05) is 58.0 Å². The average molecular weight is 233 g/mol. The molecule has 0 spiro atoms. The lowest BCUT2D eigenvalue weighted by molar-refractivity contribution is 0.254. The maximum absolute atomic E-state index is 3.61. The molecule has 0 bridgehead atoms. The molecule has 0 aliphatic rings. The van der Waals surface area contributed by atoms with E-state index in [0.717, 1.165) is 6.54 Å². The zero-order chi connectivity index (χ0) is 12.7. The largest absolute Gasteiger partial charge is 0.314 e. The van der Waals surface area contributed by atoms with Gasteiger partial charge in [0.05, 0.1) is 0 Å². The molecule has 0 heterocycles. The highest BCUT2D eigenvalue weighted by Crippen LogP contribution is 2.23. The van der Waals surface area contributed by atoms with Gasteiger partial charge in [0.1, 0.15) is 0 Å². The maximum atomic E-state index is 3.61. The van der Waals surface area contributed by atoms with Crippen molar-refractivity contribution in [1.29, 1.82) is 0 Å². The van der Waals surface area contributed by atoms with E-state index in [1.54, 1.807) is 0 Å². The van der Waals surface area contributed by atoms with Gasteiger partial charge in [0.25, 0.3) is 0 Å². The lowest BCUT2D eigenvalue weighted by Gasteiger charge is -2.31. The van der Waals surface area contributed by atoms with Gasteiger partial charge in [0, 0.05) is 6.04 Å². The highest BCUT2D eigenvalue weighted by molar-refractivity contribution is 5.14. The number of aryl methyl sites for hydroxylation is 1. The van der Waals surface area contributed by atoms with Gasteiger partial charge in [0.15, 0.2) is 0 Å². The molecule has 1 atom stereocenters. The predicted molar refractivity (Wildman–Crippen MR) is 76.3 cm³/mol. The summed E-state index contributed by atoms with van der Waals surface area (Å²) in [6, 6.07) is 11.4. The van der Waals surface area contributed by atoms with E-state index in [4.69, 9.17) is 0 Å². The maximum Gasteiger partial charge on any atom is 0.0116 e. The third kappa shape index (κ3) is 5.36. The minimum Gasteiger partial charge on any atom is -0.314 e.